The normalized spacial score (nSPS) is 14.8. The topological polar surface area (TPSA) is 21.3 Å². The van der Waals surface area contributed by atoms with Crippen molar-refractivity contribution in [3.63, 3.8) is 0 Å². The molecule has 0 fully saturated rings. The average Bonchev–Trinajstić information content (AvgIpc) is 2.25. The van der Waals surface area contributed by atoms with Crippen molar-refractivity contribution in [3.8, 4) is 5.75 Å². The molecule has 0 aromatic heterocycles. The summed E-state index contributed by atoms with van der Waals surface area (Å²) in [4.78, 5) is 0. The minimum atomic E-state index is 0. The highest BCUT2D eigenvalue weighted by Gasteiger charge is 2.13. The SMILES string of the molecule is CC(C)(C)COc1ccc2c(c1)CCNC2.Cl. The van der Waals surface area contributed by atoms with Gasteiger partial charge in [-0.05, 0) is 41.6 Å². The van der Waals surface area contributed by atoms with Gasteiger partial charge in [0.05, 0.1) is 6.61 Å². The van der Waals surface area contributed by atoms with Gasteiger partial charge >= 0.3 is 0 Å². The van der Waals surface area contributed by atoms with Crippen LogP contribution in [-0.2, 0) is 13.0 Å². The second-order valence-corrected chi connectivity index (χ2v) is 5.71. The molecule has 0 saturated carbocycles. The minimum Gasteiger partial charge on any atom is -0.493 e. The summed E-state index contributed by atoms with van der Waals surface area (Å²) in [5.74, 6) is 1.01. The van der Waals surface area contributed by atoms with E-state index in [1.54, 1.807) is 0 Å². The van der Waals surface area contributed by atoms with Crippen LogP contribution < -0.4 is 10.1 Å². The maximum absolute atomic E-state index is 5.82. The molecule has 1 N–H and O–H groups in total. The minimum absolute atomic E-state index is 0. The molecular weight excluding hydrogens is 234 g/mol. The fourth-order valence-corrected chi connectivity index (χ4v) is 1.84. The molecule has 2 rings (SSSR count). The number of hydrogen-bond donors (Lipinski definition) is 1. The molecule has 0 aliphatic carbocycles. The lowest BCUT2D eigenvalue weighted by molar-refractivity contribution is 0.197. The van der Waals surface area contributed by atoms with Crippen molar-refractivity contribution in [2.24, 2.45) is 5.41 Å². The van der Waals surface area contributed by atoms with Crippen LogP contribution in [0.2, 0.25) is 0 Å². The fourth-order valence-electron chi connectivity index (χ4n) is 1.84. The number of hydrogen-bond acceptors (Lipinski definition) is 2. The van der Waals surface area contributed by atoms with Gasteiger partial charge in [0.15, 0.2) is 0 Å². The maximum Gasteiger partial charge on any atom is 0.119 e. The average molecular weight is 256 g/mol. The molecule has 1 heterocycles. The highest BCUT2D eigenvalue weighted by atomic mass is 35.5. The monoisotopic (exact) mass is 255 g/mol. The second-order valence-electron chi connectivity index (χ2n) is 5.71. The van der Waals surface area contributed by atoms with E-state index in [1.165, 1.54) is 11.1 Å². The van der Waals surface area contributed by atoms with Crippen LogP contribution >= 0.6 is 12.4 Å². The molecule has 0 unspecified atom stereocenters. The quantitative estimate of drug-likeness (QED) is 0.877. The third-order valence-corrected chi connectivity index (χ3v) is 2.74. The first-order valence-corrected chi connectivity index (χ1v) is 6.00. The number of benzene rings is 1. The van der Waals surface area contributed by atoms with Gasteiger partial charge in [0.1, 0.15) is 5.75 Å². The Labute approximate surface area is 110 Å². The summed E-state index contributed by atoms with van der Waals surface area (Å²) in [6, 6.07) is 6.46. The Morgan fingerprint density at radius 2 is 2.00 bits per heavy atom. The lowest BCUT2D eigenvalue weighted by Crippen LogP contribution is -2.23. The van der Waals surface area contributed by atoms with Crippen LogP contribution in [0, 0.1) is 5.41 Å². The van der Waals surface area contributed by atoms with Gasteiger partial charge < -0.3 is 10.1 Å². The molecule has 0 atom stereocenters. The third kappa shape index (κ3) is 4.21. The zero-order valence-electron chi connectivity index (χ0n) is 10.9. The van der Waals surface area contributed by atoms with E-state index in [1.807, 2.05) is 0 Å². The smallest absolute Gasteiger partial charge is 0.119 e. The lowest BCUT2D eigenvalue weighted by atomic mass is 9.98. The van der Waals surface area contributed by atoms with Crippen molar-refractivity contribution in [2.75, 3.05) is 13.2 Å². The number of nitrogens with one attached hydrogen (secondary N) is 1. The van der Waals surface area contributed by atoms with Gasteiger partial charge in [-0.25, -0.2) is 0 Å². The zero-order chi connectivity index (χ0) is 11.6. The van der Waals surface area contributed by atoms with Gasteiger partial charge in [0.2, 0.25) is 0 Å². The van der Waals surface area contributed by atoms with Crippen LogP contribution in [0.25, 0.3) is 0 Å². The third-order valence-electron chi connectivity index (χ3n) is 2.74. The molecule has 1 aliphatic heterocycles. The second kappa shape index (κ2) is 5.74. The standard InChI is InChI=1S/C14H21NO.ClH/c1-14(2,3)10-16-13-5-4-12-9-15-7-6-11(12)8-13;/h4-5,8,15H,6-7,9-10H2,1-3H3;1H. The van der Waals surface area contributed by atoms with Crippen LogP contribution in [0.15, 0.2) is 18.2 Å². The summed E-state index contributed by atoms with van der Waals surface area (Å²) >= 11 is 0. The Hall–Kier alpha value is -0.730. The molecule has 1 aromatic rings. The van der Waals surface area contributed by atoms with Gasteiger partial charge in [-0.2, -0.15) is 0 Å². The van der Waals surface area contributed by atoms with Crippen molar-refractivity contribution in [3.05, 3.63) is 29.3 Å². The van der Waals surface area contributed by atoms with Crippen LogP contribution in [-0.4, -0.2) is 13.2 Å². The summed E-state index contributed by atoms with van der Waals surface area (Å²) in [6.07, 6.45) is 1.11. The summed E-state index contributed by atoms with van der Waals surface area (Å²) < 4.78 is 5.82. The summed E-state index contributed by atoms with van der Waals surface area (Å²) in [5.41, 5.74) is 3.07. The molecule has 2 nitrogen and oxygen atoms in total. The van der Waals surface area contributed by atoms with E-state index in [0.717, 1.165) is 31.9 Å². The van der Waals surface area contributed by atoms with Gasteiger partial charge in [-0.3, -0.25) is 0 Å². The molecule has 17 heavy (non-hydrogen) atoms. The molecule has 96 valence electrons. The van der Waals surface area contributed by atoms with Gasteiger partial charge in [-0.15, -0.1) is 12.4 Å². The highest BCUT2D eigenvalue weighted by molar-refractivity contribution is 5.85. The number of rotatable bonds is 2. The number of fused-ring (bicyclic) bond motifs is 1. The van der Waals surface area contributed by atoms with E-state index in [2.05, 4.69) is 44.3 Å². The van der Waals surface area contributed by atoms with Crippen LogP contribution in [0.4, 0.5) is 0 Å². The molecular formula is C14H22ClNO. The van der Waals surface area contributed by atoms with E-state index in [4.69, 9.17) is 4.74 Å². The summed E-state index contributed by atoms with van der Waals surface area (Å²) in [6.45, 7) is 9.41. The first-order valence-electron chi connectivity index (χ1n) is 6.00. The van der Waals surface area contributed by atoms with Crippen molar-refractivity contribution >= 4 is 12.4 Å². The Bertz CT molecular complexity index is 371. The molecule has 1 aromatic carbocycles. The van der Waals surface area contributed by atoms with Gasteiger partial charge in [0, 0.05) is 6.54 Å². The first-order chi connectivity index (χ1) is 7.54. The molecule has 0 saturated heterocycles. The molecule has 1 aliphatic rings. The molecule has 0 bridgehead atoms. The van der Waals surface area contributed by atoms with Crippen molar-refractivity contribution in [1.82, 2.24) is 5.32 Å². The van der Waals surface area contributed by atoms with E-state index in [9.17, 15) is 0 Å². The van der Waals surface area contributed by atoms with Crippen LogP contribution in [0.1, 0.15) is 31.9 Å². The van der Waals surface area contributed by atoms with Gasteiger partial charge in [0.25, 0.3) is 0 Å². The predicted molar refractivity (Wildman–Crippen MR) is 74.1 cm³/mol. The highest BCUT2D eigenvalue weighted by Crippen LogP contribution is 2.22. The van der Waals surface area contributed by atoms with Gasteiger partial charge in [-0.1, -0.05) is 26.8 Å². The largest absolute Gasteiger partial charge is 0.493 e. The molecule has 3 heteroatoms. The zero-order valence-corrected chi connectivity index (χ0v) is 11.7. The fraction of sp³-hybridized carbons (Fsp3) is 0.571. The predicted octanol–water partition coefficient (Wildman–Crippen LogP) is 3.18. The van der Waals surface area contributed by atoms with E-state index in [0.29, 0.717) is 0 Å². The molecule has 0 amide bonds. The number of halogens is 1. The summed E-state index contributed by atoms with van der Waals surface area (Å²) in [5, 5.41) is 3.38. The molecule has 0 radical (unpaired) electrons. The summed E-state index contributed by atoms with van der Waals surface area (Å²) in [7, 11) is 0. The first kappa shape index (κ1) is 14.3. The van der Waals surface area contributed by atoms with Crippen molar-refractivity contribution < 1.29 is 4.74 Å². The Morgan fingerprint density at radius 1 is 1.24 bits per heavy atom. The van der Waals surface area contributed by atoms with E-state index < -0.39 is 0 Å². The van der Waals surface area contributed by atoms with Crippen molar-refractivity contribution in [2.45, 2.75) is 33.7 Å². The number of ether oxygens (including phenoxy) is 1. The maximum atomic E-state index is 5.82. The Morgan fingerprint density at radius 3 is 2.71 bits per heavy atom. The van der Waals surface area contributed by atoms with E-state index >= 15 is 0 Å². The van der Waals surface area contributed by atoms with Crippen molar-refractivity contribution in [1.29, 1.82) is 0 Å². The molecule has 0 spiro atoms. The van der Waals surface area contributed by atoms with E-state index in [-0.39, 0.29) is 17.8 Å². The lowest BCUT2D eigenvalue weighted by Gasteiger charge is -2.21. The van der Waals surface area contributed by atoms with Crippen LogP contribution in [0.5, 0.6) is 5.75 Å². The Kier molecular flexibility index (Phi) is 4.84. The Balaban J connectivity index is 0.00000144. The van der Waals surface area contributed by atoms with Crippen LogP contribution in [0.3, 0.4) is 0 Å².